The van der Waals surface area contributed by atoms with Crippen LogP contribution in [0.1, 0.15) is 19.4 Å². The molecule has 0 N–H and O–H groups in total. The first kappa shape index (κ1) is 22.7. The molecule has 1 aromatic heterocycles. The van der Waals surface area contributed by atoms with Crippen LogP contribution in [0.3, 0.4) is 0 Å². The molecular formula is C21H33ClN7+. The lowest BCUT2D eigenvalue weighted by Crippen LogP contribution is -2.50. The molecule has 29 heavy (non-hydrogen) atoms. The van der Waals surface area contributed by atoms with E-state index in [-0.39, 0.29) is 0 Å². The Kier molecular flexibility index (Phi) is 7.67. The molecule has 0 saturated carbocycles. The van der Waals surface area contributed by atoms with Crippen LogP contribution in [0.2, 0.25) is 0 Å². The molecule has 0 radical (unpaired) electrons. The van der Waals surface area contributed by atoms with Crippen molar-refractivity contribution < 1.29 is 4.80 Å². The van der Waals surface area contributed by atoms with Gasteiger partial charge in [0.15, 0.2) is 0 Å². The number of aromatic nitrogens is 3. The molecule has 8 heteroatoms. The fourth-order valence-electron chi connectivity index (χ4n) is 3.08. The normalized spacial score (nSPS) is 11.8. The number of hydrogen-bond acceptors (Lipinski definition) is 6. The Morgan fingerprint density at radius 3 is 1.69 bits per heavy atom. The minimum atomic E-state index is 0.617. The van der Waals surface area contributed by atoms with Crippen molar-refractivity contribution in [2.45, 2.75) is 13.8 Å². The second-order valence-corrected chi connectivity index (χ2v) is 7.72. The van der Waals surface area contributed by atoms with Crippen LogP contribution in [0.4, 0.5) is 17.3 Å². The maximum Gasteiger partial charge on any atom is 0.344 e. The predicted molar refractivity (Wildman–Crippen MR) is 124 cm³/mol. The van der Waals surface area contributed by atoms with Crippen LogP contribution >= 0.6 is 11.6 Å². The monoisotopic (exact) mass is 418 g/mol. The number of halogens is 1. The van der Waals surface area contributed by atoms with E-state index < -0.39 is 0 Å². The lowest BCUT2D eigenvalue weighted by molar-refractivity contribution is -0.712. The number of anilines is 3. The van der Waals surface area contributed by atoms with E-state index >= 15 is 0 Å². The van der Waals surface area contributed by atoms with Gasteiger partial charge in [0.1, 0.15) is 10.7 Å². The quantitative estimate of drug-likeness (QED) is 0.614. The average molecular weight is 419 g/mol. The lowest BCUT2D eigenvalue weighted by atomic mass is 10.2. The Morgan fingerprint density at radius 1 is 0.828 bits per heavy atom. The summed E-state index contributed by atoms with van der Waals surface area (Å²) in [4.78, 5) is 9.87. The van der Waals surface area contributed by atoms with E-state index in [0.29, 0.717) is 5.03 Å². The Hall–Kier alpha value is -2.54. The standard InChI is InChI=1S/C21H33ClN7/c1-9-28(10-2)21(17(22)16-14-12-11-13-15-16)29-23-19(26(5)6)18(25(3)4)20(24-29)27(7)8/h11-15H,9-10H2,1-8H3/q+1/b21-17+. The summed E-state index contributed by atoms with van der Waals surface area (Å²) in [6.07, 6.45) is 0. The maximum atomic E-state index is 6.92. The van der Waals surface area contributed by atoms with E-state index in [1.54, 1.807) is 4.80 Å². The molecule has 0 atom stereocenters. The van der Waals surface area contributed by atoms with Crippen molar-refractivity contribution in [1.29, 1.82) is 0 Å². The number of hydrogen-bond donors (Lipinski definition) is 0. The summed E-state index contributed by atoms with van der Waals surface area (Å²) in [7, 11) is 11.9. The van der Waals surface area contributed by atoms with Gasteiger partial charge in [-0.25, -0.2) is 0 Å². The Balaban J connectivity index is 2.87. The topological polar surface area (TPSA) is 42.6 Å². The molecule has 158 valence electrons. The second kappa shape index (κ2) is 9.78. The number of rotatable bonds is 8. The van der Waals surface area contributed by atoms with Crippen molar-refractivity contribution in [1.82, 2.24) is 15.1 Å². The first-order valence-corrected chi connectivity index (χ1v) is 10.2. The van der Waals surface area contributed by atoms with Crippen molar-refractivity contribution >= 4 is 39.8 Å². The highest BCUT2D eigenvalue weighted by molar-refractivity contribution is 6.51. The van der Waals surface area contributed by atoms with Gasteiger partial charge in [0.05, 0.1) is 13.1 Å². The zero-order chi connectivity index (χ0) is 21.7. The van der Waals surface area contributed by atoms with Crippen LogP contribution in [-0.2, 0) is 0 Å². The summed E-state index contributed by atoms with van der Waals surface area (Å²) in [5.74, 6) is 2.39. The van der Waals surface area contributed by atoms with Crippen LogP contribution in [0.15, 0.2) is 30.3 Å². The molecule has 0 aliphatic carbocycles. The highest BCUT2D eigenvalue weighted by atomic mass is 35.5. The zero-order valence-electron chi connectivity index (χ0n) is 18.8. The molecule has 0 unspecified atom stereocenters. The zero-order valence-corrected chi connectivity index (χ0v) is 19.6. The second-order valence-electron chi connectivity index (χ2n) is 7.34. The summed E-state index contributed by atoms with van der Waals surface area (Å²) in [6.45, 7) is 5.78. The van der Waals surface area contributed by atoms with Gasteiger partial charge in [0.25, 0.3) is 0 Å². The molecule has 0 saturated heterocycles. The largest absolute Gasteiger partial charge is 0.371 e. The highest BCUT2D eigenvalue weighted by Gasteiger charge is 2.30. The van der Waals surface area contributed by atoms with Crippen molar-refractivity contribution in [2.24, 2.45) is 0 Å². The highest BCUT2D eigenvalue weighted by Crippen LogP contribution is 2.32. The van der Waals surface area contributed by atoms with Gasteiger partial charge in [-0.3, -0.25) is 4.90 Å². The van der Waals surface area contributed by atoms with E-state index in [0.717, 1.165) is 41.8 Å². The van der Waals surface area contributed by atoms with Gasteiger partial charge < -0.3 is 14.7 Å². The van der Waals surface area contributed by atoms with Gasteiger partial charge in [-0.15, -0.1) is 0 Å². The van der Waals surface area contributed by atoms with E-state index in [4.69, 9.17) is 21.8 Å². The summed E-state index contributed by atoms with van der Waals surface area (Å²) < 4.78 is 0. The molecule has 1 heterocycles. The molecule has 0 bridgehead atoms. The fraction of sp³-hybridized carbons (Fsp3) is 0.476. The molecule has 0 fully saturated rings. The average Bonchev–Trinajstić information content (AvgIpc) is 2.70. The lowest BCUT2D eigenvalue weighted by Gasteiger charge is -2.26. The first-order chi connectivity index (χ1) is 13.7. The number of nitrogens with zero attached hydrogens (tertiary/aromatic N) is 7. The molecule has 2 aromatic rings. The summed E-state index contributed by atoms with van der Waals surface area (Å²) in [6, 6.07) is 9.94. The van der Waals surface area contributed by atoms with Crippen LogP contribution in [0.25, 0.3) is 10.9 Å². The summed E-state index contributed by atoms with van der Waals surface area (Å²) in [5.41, 5.74) is 1.88. The van der Waals surface area contributed by atoms with Crippen LogP contribution < -0.4 is 19.5 Å². The molecule has 0 spiro atoms. The summed E-state index contributed by atoms with van der Waals surface area (Å²) in [5, 5.41) is 10.4. The predicted octanol–water partition coefficient (Wildman–Crippen LogP) is 2.83. The van der Waals surface area contributed by atoms with E-state index in [1.165, 1.54) is 0 Å². The van der Waals surface area contributed by atoms with Gasteiger partial charge in [-0.05, 0) is 24.0 Å². The third-order valence-electron chi connectivity index (χ3n) is 4.57. The van der Waals surface area contributed by atoms with Gasteiger partial charge in [-0.2, -0.15) is 0 Å². The van der Waals surface area contributed by atoms with E-state index in [2.05, 4.69) is 18.7 Å². The molecule has 1 aromatic carbocycles. The molecular weight excluding hydrogens is 386 g/mol. The van der Waals surface area contributed by atoms with Crippen LogP contribution in [0, 0.1) is 0 Å². The number of benzene rings is 1. The van der Waals surface area contributed by atoms with Crippen LogP contribution in [-0.4, -0.2) is 70.5 Å². The van der Waals surface area contributed by atoms with Crippen molar-refractivity contribution in [2.75, 3.05) is 70.1 Å². The Labute approximate surface area is 179 Å². The third kappa shape index (κ3) is 4.90. The maximum absolute atomic E-state index is 6.92. The van der Waals surface area contributed by atoms with Crippen molar-refractivity contribution in [3.8, 4) is 0 Å². The van der Waals surface area contributed by atoms with E-state index in [1.807, 2.05) is 87.3 Å². The van der Waals surface area contributed by atoms with Crippen molar-refractivity contribution in [3.05, 3.63) is 35.9 Å². The van der Waals surface area contributed by atoms with Crippen molar-refractivity contribution in [3.63, 3.8) is 0 Å². The molecule has 2 rings (SSSR count). The molecule has 0 aliphatic rings. The Morgan fingerprint density at radius 2 is 1.31 bits per heavy atom. The summed E-state index contributed by atoms with van der Waals surface area (Å²) >= 11 is 6.92. The minimum absolute atomic E-state index is 0.617. The molecule has 0 amide bonds. The van der Waals surface area contributed by atoms with Gasteiger partial charge >= 0.3 is 5.82 Å². The van der Waals surface area contributed by atoms with Gasteiger partial charge in [-0.1, -0.05) is 41.9 Å². The Bertz CT molecular complexity index is 814. The van der Waals surface area contributed by atoms with Crippen LogP contribution in [0.5, 0.6) is 0 Å². The SMILES string of the molecule is CCN(CC)/C(=C(\Cl)c1ccccc1)[n+]1nc(N(C)C)c(N(C)C)c(N(C)C)n1. The first-order valence-electron chi connectivity index (χ1n) is 9.79. The third-order valence-corrected chi connectivity index (χ3v) is 4.96. The fourth-order valence-corrected chi connectivity index (χ4v) is 3.40. The molecule has 7 nitrogen and oxygen atoms in total. The molecule has 0 aliphatic heterocycles. The van der Waals surface area contributed by atoms with E-state index in [9.17, 15) is 0 Å². The minimum Gasteiger partial charge on any atom is -0.371 e. The van der Waals surface area contributed by atoms with Gasteiger partial charge in [0.2, 0.25) is 11.6 Å². The smallest absolute Gasteiger partial charge is 0.344 e. The van der Waals surface area contributed by atoms with Gasteiger partial charge in [0, 0.05) is 52.6 Å².